The van der Waals surface area contributed by atoms with E-state index in [2.05, 4.69) is 0 Å². The molecule has 1 rings (SSSR count). The van der Waals surface area contributed by atoms with Crippen LogP contribution in [0.3, 0.4) is 0 Å². The number of halogens is 1. The fourth-order valence-corrected chi connectivity index (χ4v) is 1.22. The third kappa shape index (κ3) is 4.63. The van der Waals surface area contributed by atoms with Gasteiger partial charge in [0.05, 0.1) is 13.2 Å². The van der Waals surface area contributed by atoms with Crippen LogP contribution < -0.4 is 9.47 Å². The van der Waals surface area contributed by atoms with E-state index in [0.717, 1.165) is 6.42 Å². The Morgan fingerprint density at radius 2 is 1.71 bits per heavy atom. The Morgan fingerprint density at radius 3 is 2.24 bits per heavy atom. The van der Waals surface area contributed by atoms with Gasteiger partial charge in [-0.3, -0.25) is 0 Å². The average Bonchev–Trinajstić information content (AvgIpc) is 2.25. The van der Waals surface area contributed by atoms with Gasteiger partial charge in [0.15, 0.2) is 11.5 Å². The summed E-state index contributed by atoms with van der Waals surface area (Å²) in [6.07, 6.45) is 0.854. The maximum absolute atomic E-state index is 13.9. The molecule has 0 radical (unpaired) electrons. The molecule has 0 amide bonds. The fraction of sp³-hybridized carbons (Fsp3) is 0.571. The molecule has 96 valence electrons. The number of benzene rings is 1. The zero-order valence-corrected chi connectivity index (χ0v) is 11.0. The highest BCUT2D eigenvalue weighted by Crippen LogP contribution is 2.27. The van der Waals surface area contributed by atoms with Gasteiger partial charge in [0.1, 0.15) is 0 Å². The maximum Gasteiger partial charge on any atom is 0.206 e. The highest BCUT2D eigenvalue weighted by Gasteiger charge is 2.15. The lowest BCUT2D eigenvalue weighted by Crippen LogP contribution is -2.17. The summed E-state index contributed by atoms with van der Waals surface area (Å²) >= 11 is 0. The van der Waals surface area contributed by atoms with Crippen molar-refractivity contribution < 1.29 is 13.9 Å². The first-order valence-corrected chi connectivity index (χ1v) is 5.98. The van der Waals surface area contributed by atoms with Crippen LogP contribution in [0.15, 0.2) is 18.2 Å². The predicted octanol–water partition coefficient (Wildman–Crippen LogP) is 4.04. The van der Waals surface area contributed by atoms with Gasteiger partial charge in [-0.1, -0.05) is 33.8 Å². The first-order chi connectivity index (χ1) is 7.94. The highest BCUT2D eigenvalue weighted by molar-refractivity contribution is 5.35. The summed E-state index contributed by atoms with van der Waals surface area (Å²) in [6.45, 7) is 9.10. The van der Waals surface area contributed by atoms with Crippen molar-refractivity contribution in [3.05, 3.63) is 24.0 Å². The molecule has 0 aromatic heterocycles. The van der Waals surface area contributed by atoms with Crippen LogP contribution in [0.2, 0.25) is 0 Å². The van der Waals surface area contributed by atoms with E-state index in [4.69, 9.17) is 9.47 Å². The standard InChI is InChI=1S/C14H21FO2/c1-5-9-16-11-7-6-8-12(13(11)15)17-10-14(2,3)4/h6-8H,5,9-10H2,1-4H3. The second kappa shape index (κ2) is 5.89. The molecule has 17 heavy (non-hydrogen) atoms. The molecular weight excluding hydrogens is 219 g/mol. The van der Waals surface area contributed by atoms with Gasteiger partial charge in [-0.05, 0) is 24.0 Å². The molecule has 0 fully saturated rings. The molecule has 3 heteroatoms. The molecule has 0 N–H and O–H groups in total. The Balaban J connectivity index is 2.72. The summed E-state index contributed by atoms with van der Waals surface area (Å²) in [6, 6.07) is 4.99. The van der Waals surface area contributed by atoms with Gasteiger partial charge in [-0.15, -0.1) is 0 Å². The van der Waals surface area contributed by atoms with E-state index in [0.29, 0.717) is 13.2 Å². The van der Waals surface area contributed by atoms with E-state index in [-0.39, 0.29) is 16.9 Å². The Hall–Kier alpha value is -1.25. The van der Waals surface area contributed by atoms with Crippen LogP contribution >= 0.6 is 0 Å². The first-order valence-electron chi connectivity index (χ1n) is 5.98. The Bertz CT molecular complexity index is 356. The summed E-state index contributed by atoms with van der Waals surface area (Å²) in [5.74, 6) is 0.108. The van der Waals surface area contributed by atoms with E-state index < -0.39 is 5.82 Å². The second-order valence-corrected chi connectivity index (χ2v) is 5.27. The minimum absolute atomic E-state index is 0.00667. The molecule has 0 atom stereocenters. The van der Waals surface area contributed by atoms with E-state index in [9.17, 15) is 4.39 Å². The van der Waals surface area contributed by atoms with Gasteiger partial charge < -0.3 is 9.47 Å². The number of hydrogen-bond acceptors (Lipinski definition) is 2. The predicted molar refractivity (Wildman–Crippen MR) is 67.1 cm³/mol. The van der Waals surface area contributed by atoms with Crippen molar-refractivity contribution in [2.75, 3.05) is 13.2 Å². The third-order valence-corrected chi connectivity index (χ3v) is 2.05. The lowest BCUT2D eigenvalue weighted by molar-refractivity contribution is 0.188. The van der Waals surface area contributed by atoms with Crippen molar-refractivity contribution in [1.82, 2.24) is 0 Å². The molecule has 0 aliphatic carbocycles. The van der Waals surface area contributed by atoms with Gasteiger partial charge in [0.2, 0.25) is 5.82 Å². The number of rotatable bonds is 5. The van der Waals surface area contributed by atoms with Gasteiger partial charge in [0.25, 0.3) is 0 Å². The van der Waals surface area contributed by atoms with Crippen molar-refractivity contribution in [2.24, 2.45) is 5.41 Å². The molecular formula is C14H21FO2. The summed E-state index contributed by atoms with van der Waals surface area (Å²) in [5.41, 5.74) is 0.00667. The van der Waals surface area contributed by atoms with Crippen LogP contribution in [-0.4, -0.2) is 13.2 Å². The molecule has 0 spiro atoms. The van der Waals surface area contributed by atoms with Crippen molar-refractivity contribution in [1.29, 1.82) is 0 Å². The number of ether oxygens (including phenoxy) is 2. The second-order valence-electron chi connectivity index (χ2n) is 5.27. The molecule has 0 aliphatic heterocycles. The molecule has 0 aliphatic rings. The molecule has 1 aromatic rings. The van der Waals surface area contributed by atoms with Crippen LogP contribution in [-0.2, 0) is 0 Å². The first kappa shape index (κ1) is 13.8. The minimum Gasteiger partial charge on any atom is -0.490 e. The molecule has 1 aromatic carbocycles. The normalized spacial score (nSPS) is 11.4. The van der Waals surface area contributed by atoms with Crippen LogP contribution in [0.5, 0.6) is 11.5 Å². The minimum atomic E-state index is -0.412. The van der Waals surface area contributed by atoms with Gasteiger partial charge in [0, 0.05) is 0 Å². The smallest absolute Gasteiger partial charge is 0.206 e. The summed E-state index contributed by atoms with van der Waals surface area (Å²) in [5, 5.41) is 0. The van der Waals surface area contributed by atoms with Crippen LogP contribution in [0.25, 0.3) is 0 Å². The lowest BCUT2D eigenvalue weighted by Gasteiger charge is -2.19. The average molecular weight is 240 g/mol. The van der Waals surface area contributed by atoms with E-state index in [1.807, 2.05) is 27.7 Å². The Kier molecular flexibility index (Phi) is 4.79. The number of hydrogen-bond donors (Lipinski definition) is 0. The van der Waals surface area contributed by atoms with E-state index in [1.54, 1.807) is 18.2 Å². The molecule has 0 bridgehead atoms. The molecule has 2 nitrogen and oxygen atoms in total. The van der Waals surface area contributed by atoms with Crippen LogP contribution in [0.4, 0.5) is 4.39 Å². The maximum atomic E-state index is 13.9. The zero-order chi connectivity index (χ0) is 12.9. The van der Waals surface area contributed by atoms with Crippen molar-refractivity contribution >= 4 is 0 Å². The topological polar surface area (TPSA) is 18.5 Å². The molecule has 0 saturated heterocycles. The monoisotopic (exact) mass is 240 g/mol. The van der Waals surface area contributed by atoms with Gasteiger partial charge in [-0.2, -0.15) is 4.39 Å². The lowest BCUT2D eigenvalue weighted by atomic mass is 9.99. The van der Waals surface area contributed by atoms with Crippen molar-refractivity contribution in [3.63, 3.8) is 0 Å². The van der Waals surface area contributed by atoms with Crippen molar-refractivity contribution in [3.8, 4) is 11.5 Å². The Labute approximate surface area is 103 Å². The molecule has 0 heterocycles. The SMILES string of the molecule is CCCOc1cccc(OCC(C)(C)C)c1F. The fourth-order valence-electron chi connectivity index (χ4n) is 1.22. The van der Waals surface area contributed by atoms with Crippen LogP contribution in [0, 0.1) is 11.2 Å². The van der Waals surface area contributed by atoms with Gasteiger partial charge in [-0.25, -0.2) is 0 Å². The largest absolute Gasteiger partial charge is 0.490 e. The van der Waals surface area contributed by atoms with Crippen LogP contribution in [0.1, 0.15) is 34.1 Å². The molecule has 0 saturated carbocycles. The Morgan fingerprint density at radius 1 is 1.12 bits per heavy atom. The van der Waals surface area contributed by atoms with Gasteiger partial charge >= 0.3 is 0 Å². The third-order valence-electron chi connectivity index (χ3n) is 2.05. The van der Waals surface area contributed by atoms with E-state index >= 15 is 0 Å². The zero-order valence-electron chi connectivity index (χ0n) is 11.0. The quantitative estimate of drug-likeness (QED) is 0.773. The summed E-state index contributed by atoms with van der Waals surface area (Å²) in [7, 11) is 0. The highest BCUT2D eigenvalue weighted by atomic mass is 19.1. The summed E-state index contributed by atoms with van der Waals surface area (Å²) < 4.78 is 24.7. The molecule has 0 unspecified atom stereocenters. The van der Waals surface area contributed by atoms with E-state index in [1.165, 1.54) is 0 Å². The van der Waals surface area contributed by atoms with Crippen molar-refractivity contribution in [2.45, 2.75) is 34.1 Å². The summed E-state index contributed by atoms with van der Waals surface area (Å²) in [4.78, 5) is 0.